The maximum absolute atomic E-state index is 14.2. The number of nitrogens with one attached hydrogen (secondary N) is 2. The van der Waals surface area contributed by atoms with Crippen LogP contribution in [0.4, 0.5) is 39.0 Å². The number of carbonyl (C=O) groups is 1. The molecule has 2 heterocycles. The van der Waals surface area contributed by atoms with Crippen molar-refractivity contribution in [1.82, 2.24) is 5.32 Å². The van der Waals surface area contributed by atoms with E-state index in [9.17, 15) is 26.7 Å². The molecule has 0 atom stereocenters. The molecule has 0 saturated carbocycles. The minimum atomic E-state index is -2.18. The van der Waals surface area contributed by atoms with Gasteiger partial charge in [0.1, 0.15) is 17.2 Å². The van der Waals surface area contributed by atoms with Crippen molar-refractivity contribution in [3.8, 4) is 11.3 Å². The molecule has 6 nitrogen and oxygen atoms in total. The standard InChI is InChI=1S/C30H23F5N4O2S/c31-24-25(32)27(34)29(28(35)26(24)33)39-16-14-38(15-17-39)20-8-6-19(7-9-20)36-30(42)37-23(40)13-11-21-10-12-22(41-21)18-4-2-1-3-5-18/h1-13H,14-17H2,(H2,36,37,40,42)/b13-11+. The fraction of sp³-hybridized carbons (Fsp3) is 0.133. The van der Waals surface area contributed by atoms with Gasteiger partial charge in [-0.3, -0.25) is 10.1 Å². The third-order valence-corrected chi connectivity index (χ3v) is 6.80. The summed E-state index contributed by atoms with van der Waals surface area (Å²) in [6.07, 6.45) is 2.83. The van der Waals surface area contributed by atoms with Crippen molar-refractivity contribution < 1.29 is 31.2 Å². The first kappa shape index (κ1) is 28.8. The lowest BCUT2D eigenvalue weighted by Gasteiger charge is -2.37. The Labute approximate surface area is 243 Å². The number of amides is 1. The number of hydrogen-bond donors (Lipinski definition) is 2. The van der Waals surface area contributed by atoms with Gasteiger partial charge < -0.3 is 19.5 Å². The van der Waals surface area contributed by atoms with E-state index in [1.54, 1.807) is 30.3 Å². The third kappa shape index (κ3) is 6.28. The van der Waals surface area contributed by atoms with E-state index < -0.39 is 40.7 Å². The Bertz CT molecular complexity index is 1610. The Hall–Kier alpha value is -4.71. The summed E-state index contributed by atoms with van der Waals surface area (Å²) in [5.41, 5.74) is 1.39. The number of hydrogen-bond acceptors (Lipinski definition) is 5. The molecule has 3 aromatic carbocycles. The van der Waals surface area contributed by atoms with E-state index in [0.29, 0.717) is 17.2 Å². The van der Waals surface area contributed by atoms with Gasteiger partial charge in [0.15, 0.2) is 28.4 Å². The van der Waals surface area contributed by atoms with Gasteiger partial charge in [0.2, 0.25) is 11.7 Å². The maximum Gasteiger partial charge on any atom is 0.250 e. The van der Waals surface area contributed by atoms with Crippen molar-refractivity contribution in [3.63, 3.8) is 0 Å². The van der Waals surface area contributed by atoms with Crippen LogP contribution in [0.25, 0.3) is 17.4 Å². The van der Waals surface area contributed by atoms with Gasteiger partial charge >= 0.3 is 0 Å². The van der Waals surface area contributed by atoms with E-state index in [0.717, 1.165) is 16.2 Å². The molecule has 42 heavy (non-hydrogen) atoms. The van der Waals surface area contributed by atoms with E-state index >= 15 is 0 Å². The van der Waals surface area contributed by atoms with Crippen molar-refractivity contribution in [2.45, 2.75) is 0 Å². The molecule has 0 spiro atoms. The molecule has 1 amide bonds. The van der Waals surface area contributed by atoms with Crippen LogP contribution in [0.2, 0.25) is 0 Å². The van der Waals surface area contributed by atoms with E-state index in [4.69, 9.17) is 16.6 Å². The molecule has 1 aliphatic rings. The summed E-state index contributed by atoms with van der Waals surface area (Å²) in [4.78, 5) is 15.4. The molecule has 12 heteroatoms. The summed E-state index contributed by atoms with van der Waals surface area (Å²) in [6, 6.07) is 20.1. The smallest absolute Gasteiger partial charge is 0.250 e. The van der Waals surface area contributed by atoms with Crippen LogP contribution in [0.5, 0.6) is 0 Å². The van der Waals surface area contributed by atoms with Gasteiger partial charge in [0, 0.05) is 49.2 Å². The largest absolute Gasteiger partial charge is 0.457 e. The van der Waals surface area contributed by atoms with Crippen molar-refractivity contribution in [2.75, 3.05) is 41.3 Å². The van der Waals surface area contributed by atoms with Crippen LogP contribution in [0.1, 0.15) is 5.76 Å². The zero-order valence-corrected chi connectivity index (χ0v) is 22.7. The molecule has 1 aromatic heterocycles. The highest BCUT2D eigenvalue weighted by Crippen LogP contribution is 2.31. The maximum atomic E-state index is 14.2. The van der Waals surface area contributed by atoms with E-state index in [1.807, 2.05) is 41.3 Å². The van der Waals surface area contributed by atoms with Gasteiger partial charge in [-0.1, -0.05) is 30.3 Å². The predicted molar refractivity (Wildman–Crippen MR) is 155 cm³/mol. The van der Waals surface area contributed by atoms with Crippen molar-refractivity contribution in [3.05, 3.63) is 108 Å². The highest BCUT2D eigenvalue weighted by molar-refractivity contribution is 7.80. The van der Waals surface area contributed by atoms with Crippen LogP contribution in [0.3, 0.4) is 0 Å². The Kier molecular flexibility index (Phi) is 8.53. The molecular formula is C30H23F5N4O2S. The number of rotatable bonds is 6. The van der Waals surface area contributed by atoms with Crippen LogP contribution in [0, 0.1) is 29.1 Å². The summed E-state index contributed by atoms with van der Waals surface area (Å²) in [5.74, 6) is -9.05. The first-order valence-corrected chi connectivity index (χ1v) is 13.2. The van der Waals surface area contributed by atoms with Crippen LogP contribution in [0.15, 0.2) is 77.2 Å². The molecule has 2 N–H and O–H groups in total. The number of benzene rings is 3. The number of halogens is 5. The molecule has 0 bridgehead atoms. The van der Waals surface area contributed by atoms with Gasteiger partial charge in [-0.05, 0) is 54.7 Å². The quantitative estimate of drug-likeness (QED) is 0.0870. The summed E-state index contributed by atoms with van der Waals surface area (Å²) >= 11 is 5.22. The fourth-order valence-corrected chi connectivity index (χ4v) is 4.71. The summed E-state index contributed by atoms with van der Waals surface area (Å²) in [6.45, 7) is 0.673. The minimum absolute atomic E-state index is 0.0492. The summed E-state index contributed by atoms with van der Waals surface area (Å²) in [5, 5.41) is 5.55. The second-order valence-electron chi connectivity index (χ2n) is 9.28. The number of thiocarbonyl (C=S) groups is 1. The SMILES string of the molecule is O=C(/C=C/c1ccc(-c2ccccc2)o1)NC(=S)Nc1ccc(N2CCN(c3c(F)c(F)c(F)c(F)c3F)CC2)cc1. The normalized spacial score (nSPS) is 13.5. The number of anilines is 3. The average Bonchev–Trinajstić information content (AvgIpc) is 3.49. The highest BCUT2D eigenvalue weighted by atomic mass is 32.1. The molecular weight excluding hydrogens is 575 g/mol. The zero-order chi connectivity index (χ0) is 29.8. The molecule has 1 saturated heterocycles. The fourth-order valence-electron chi connectivity index (χ4n) is 4.49. The molecule has 1 aliphatic heterocycles. The molecule has 1 fully saturated rings. The van der Waals surface area contributed by atoms with Crippen LogP contribution >= 0.6 is 12.2 Å². The number of furan rings is 1. The lowest BCUT2D eigenvalue weighted by Crippen LogP contribution is -2.47. The monoisotopic (exact) mass is 598 g/mol. The molecule has 4 aromatic rings. The zero-order valence-electron chi connectivity index (χ0n) is 21.8. The van der Waals surface area contributed by atoms with E-state index in [2.05, 4.69) is 10.6 Å². The van der Waals surface area contributed by atoms with Gasteiger partial charge in [0.05, 0.1) is 0 Å². The lowest BCUT2D eigenvalue weighted by atomic mass is 10.2. The van der Waals surface area contributed by atoms with Gasteiger partial charge in [-0.15, -0.1) is 0 Å². The van der Waals surface area contributed by atoms with Crippen molar-refractivity contribution >= 4 is 46.4 Å². The van der Waals surface area contributed by atoms with Crippen LogP contribution in [-0.2, 0) is 4.79 Å². The Morgan fingerprint density at radius 1 is 0.762 bits per heavy atom. The Morgan fingerprint density at radius 2 is 1.36 bits per heavy atom. The molecule has 5 rings (SSSR count). The van der Waals surface area contributed by atoms with Crippen molar-refractivity contribution in [1.29, 1.82) is 0 Å². The number of piperazine rings is 1. The highest BCUT2D eigenvalue weighted by Gasteiger charge is 2.30. The van der Waals surface area contributed by atoms with Gasteiger partial charge in [-0.2, -0.15) is 0 Å². The Balaban J connectivity index is 1.12. The summed E-state index contributed by atoms with van der Waals surface area (Å²) in [7, 11) is 0. The minimum Gasteiger partial charge on any atom is -0.457 e. The molecule has 0 radical (unpaired) electrons. The predicted octanol–water partition coefficient (Wildman–Crippen LogP) is 6.50. The van der Waals surface area contributed by atoms with E-state index in [-0.39, 0.29) is 31.3 Å². The van der Waals surface area contributed by atoms with Gasteiger partial charge in [-0.25, -0.2) is 22.0 Å². The molecule has 216 valence electrons. The number of carbonyl (C=O) groups excluding carboxylic acids is 1. The van der Waals surface area contributed by atoms with Crippen molar-refractivity contribution in [2.24, 2.45) is 0 Å². The lowest BCUT2D eigenvalue weighted by molar-refractivity contribution is -0.115. The third-order valence-electron chi connectivity index (χ3n) is 6.59. The topological polar surface area (TPSA) is 60.8 Å². The van der Waals surface area contributed by atoms with Crippen LogP contribution < -0.4 is 20.4 Å². The van der Waals surface area contributed by atoms with E-state index in [1.165, 1.54) is 12.2 Å². The number of nitrogens with zero attached hydrogens (tertiary/aromatic N) is 2. The van der Waals surface area contributed by atoms with Gasteiger partial charge in [0.25, 0.3) is 0 Å². The van der Waals surface area contributed by atoms with Crippen LogP contribution in [-0.4, -0.2) is 37.2 Å². The first-order valence-electron chi connectivity index (χ1n) is 12.8. The molecule has 0 aliphatic carbocycles. The second kappa shape index (κ2) is 12.4. The second-order valence-corrected chi connectivity index (χ2v) is 9.69. The average molecular weight is 599 g/mol. The summed E-state index contributed by atoms with van der Waals surface area (Å²) < 4.78 is 74.7. The molecule has 0 unspecified atom stereocenters. The Morgan fingerprint density at radius 3 is 2.00 bits per heavy atom. The first-order chi connectivity index (χ1) is 20.2.